The number of rotatable bonds is 4. The van der Waals surface area contributed by atoms with E-state index in [0.29, 0.717) is 5.56 Å². The number of esters is 1. The molecule has 0 aromatic heterocycles. The Hall–Kier alpha value is -2.20. The van der Waals surface area contributed by atoms with Gasteiger partial charge in [-0.15, -0.1) is 0 Å². The molecule has 0 radical (unpaired) electrons. The molecule has 1 unspecified atom stereocenters. The highest BCUT2D eigenvalue weighted by molar-refractivity contribution is 5.78. The maximum Gasteiger partial charge on any atom is 0.342 e. The third-order valence-electron chi connectivity index (χ3n) is 4.03. The summed E-state index contributed by atoms with van der Waals surface area (Å²) in [6.07, 6.45) is -1.04. The van der Waals surface area contributed by atoms with E-state index >= 15 is 0 Å². The van der Waals surface area contributed by atoms with E-state index in [2.05, 4.69) is 12.1 Å². The third kappa shape index (κ3) is 2.50. The van der Waals surface area contributed by atoms with E-state index in [-0.39, 0.29) is 6.61 Å². The lowest BCUT2D eigenvalue weighted by Gasteiger charge is -2.17. The summed E-state index contributed by atoms with van der Waals surface area (Å²) < 4.78 is 18.8. The quantitative estimate of drug-likeness (QED) is 0.753. The molecule has 1 aliphatic carbocycles. The van der Waals surface area contributed by atoms with Gasteiger partial charge < -0.3 is 10.5 Å². The molecule has 2 aromatic carbocycles. The van der Waals surface area contributed by atoms with Crippen molar-refractivity contribution in [3.63, 3.8) is 0 Å². The molecule has 0 bridgehead atoms. The first kappa shape index (κ1) is 14.7. The number of ether oxygens (including phenoxy) is 1. The van der Waals surface area contributed by atoms with Gasteiger partial charge in [0.1, 0.15) is 0 Å². The van der Waals surface area contributed by atoms with Gasteiger partial charge in [0, 0.05) is 0 Å². The first-order chi connectivity index (χ1) is 10.6. The average Bonchev–Trinajstić information content (AvgIpc) is 2.91. The van der Waals surface area contributed by atoms with Crippen LogP contribution in [0.1, 0.15) is 29.7 Å². The summed E-state index contributed by atoms with van der Waals surface area (Å²) in [7, 11) is 0. The van der Waals surface area contributed by atoms with Crippen LogP contribution in [0.15, 0.2) is 42.5 Å². The molecule has 2 aromatic rings. The van der Waals surface area contributed by atoms with Crippen molar-refractivity contribution in [3.8, 4) is 11.1 Å². The number of hydrogen-bond donors (Lipinski definition) is 1. The molecule has 4 heteroatoms. The van der Waals surface area contributed by atoms with Crippen molar-refractivity contribution < 1.29 is 13.9 Å². The van der Waals surface area contributed by atoms with Crippen molar-refractivity contribution in [1.82, 2.24) is 0 Å². The molecule has 1 aliphatic rings. The van der Waals surface area contributed by atoms with Crippen molar-refractivity contribution in [2.45, 2.75) is 25.6 Å². The summed E-state index contributed by atoms with van der Waals surface area (Å²) in [6.45, 7) is 1.79. The van der Waals surface area contributed by atoms with Crippen LogP contribution >= 0.6 is 0 Å². The normalized spacial score (nSPS) is 14.9. The van der Waals surface area contributed by atoms with Crippen LogP contribution in [0, 0.1) is 0 Å². The van der Waals surface area contributed by atoms with E-state index in [1.807, 2.05) is 24.3 Å². The van der Waals surface area contributed by atoms with E-state index in [1.165, 1.54) is 11.1 Å². The van der Waals surface area contributed by atoms with Crippen LogP contribution in [0.3, 0.4) is 0 Å². The van der Waals surface area contributed by atoms with Crippen LogP contribution < -0.4 is 5.73 Å². The predicted molar refractivity (Wildman–Crippen MR) is 83.1 cm³/mol. The second-order valence-corrected chi connectivity index (χ2v) is 5.43. The fraction of sp³-hybridized carbons (Fsp3) is 0.278. The molecule has 2 atom stereocenters. The lowest BCUT2D eigenvalue weighted by molar-refractivity contribution is -0.149. The Morgan fingerprint density at radius 1 is 1.23 bits per heavy atom. The van der Waals surface area contributed by atoms with Gasteiger partial charge >= 0.3 is 5.97 Å². The Morgan fingerprint density at radius 3 is 2.73 bits per heavy atom. The van der Waals surface area contributed by atoms with Gasteiger partial charge in [0.25, 0.3) is 0 Å². The largest absolute Gasteiger partial charge is 0.464 e. The zero-order valence-electron chi connectivity index (χ0n) is 12.4. The van der Waals surface area contributed by atoms with Crippen LogP contribution in [-0.2, 0) is 16.0 Å². The van der Waals surface area contributed by atoms with Crippen molar-refractivity contribution >= 4 is 5.97 Å². The summed E-state index contributed by atoms with van der Waals surface area (Å²) in [5.74, 6) is -0.904. The third-order valence-corrected chi connectivity index (χ3v) is 4.03. The van der Waals surface area contributed by atoms with Gasteiger partial charge in [-0.2, -0.15) is 0 Å². The second kappa shape index (κ2) is 5.89. The van der Waals surface area contributed by atoms with E-state index in [4.69, 9.17) is 10.5 Å². The molecule has 0 spiro atoms. The molecule has 0 aliphatic heterocycles. The smallest absolute Gasteiger partial charge is 0.342 e. The Balaban J connectivity index is 1.86. The molecule has 0 saturated carbocycles. The predicted octanol–water partition coefficient (Wildman–Crippen LogP) is 3.16. The molecular formula is C18H18FNO2. The monoisotopic (exact) mass is 299 g/mol. The van der Waals surface area contributed by atoms with Crippen LogP contribution in [0.4, 0.5) is 4.39 Å². The van der Waals surface area contributed by atoms with Crippen LogP contribution in [0.25, 0.3) is 11.1 Å². The van der Waals surface area contributed by atoms with Crippen molar-refractivity contribution in [2.75, 3.05) is 6.61 Å². The maximum atomic E-state index is 14.1. The number of benzene rings is 2. The summed E-state index contributed by atoms with van der Waals surface area (Å²) >= 11 is 0. The van der Waals surface area contributed by atoms with Crippen LogP contribution in [0.2, 0.25) is 0 Å². The molecule has 22 heavy (non-hydrogen) atoms. The summed E-state index contributed by atoms with van der Waals surface area (Å²) in [5, 5.41) is 0. The van der Waals surface area contributed by atoms with Gasteiger partial charge in [0.2, 0.25) is 6.17 Å². The number of fused-ring (bicyclic) bond motifs is 3. The minimum Gasteiger partial charge on any atom is -0.464 e. The molecular weight excluding hydrogens is 281 g/mol. The molecule has 0 saturated heterocycles. The standard InChI is InChI=1S/C18H18FNO2/c1-2-22-18(21)16(19)17(20)12-7-8-15-13(10-12)9-11-5-3-4-6-14(11)15/h3-8,10,16-17H,2,9,20H2,1H3/t16?,17-/m0/s1. The molecule has 2 N–H and O–H groups in total. The zero-order valence-corrected chi connectivity index (χ0v) is 12.4. The number of carbonyl (C=O) groups is 1. The number of alkyl halides is 1. The highest BCUT2D eigenvalue weighted by atomic mass is 19.1. The molecule has 0 heterocycles. The summed E-state index contributed by atoms with van der Waals surface area (Å²) in [5.41, 5.74) is 11.2. The van der Waals surface area contributed by atoms with E-state index in [0.717, 1.165) is 17.5 Å². The Kier molecular flexibility index (Phi) is 3.94. The topological polar surface area (TPSA) is 52.3 Å². The molecule has 0 fully saturated rings. The first-order valence-electron chi connectivity index (χ1n) is 7.39. The zero-order chi connectivity index (χ0) is 15.7. The van der Waals surface area contributed by atoms with Crippen LogP contribution in [0.5, 0.6) is 0 Å². The van der Waals surface area contributed by atoms with E-state index in [9.17, 15) is 9.18 Å². The molecule has 3 rings (SSSR count). The summed E-state index contributed by atoms with van der Waals surface area (Å²) in [4.78, 5) is 11.5. The first-order valence-corrected chi connectivity index (χ1v) is 7.39. The van der Waals surface area contributed by atoms with E-state index < -0.39 is 18.2 Å². The number of hydrogen-bond acceptors (Lipinski definition) is 3. The highest BCUT2D eigenvalue weighted by Crippen LogP contribution is 2.37. The van der Waals surface area contributed by atoms with E-state index in [1.54, 1.807) is 13.0 Å². The van der Waals surface area contributed by atoms with Crippen molar-refractivity contribution in [2.24, 2.45) is 5.73 Å². The fourth-order valence-electron chi connectivity index (χ4n) is 2.91. The minimum atomic E-state index is -1.85. The number of carbonyl (C=O) groups excluding carboxylic acids is 1. The van der Waals surface area contributed by atoms with Crippen molar-refractivity contribution in [3.05, 3.63) is 59.2 Å². The molecule has 0 amide bonds. The number of halogens is 1. The van der Waals surface area contributed by atoms with Gasteiger partial charge in [-0.25, -0.2) is 9.18 Å². The van der Waals surface area contributed by atoms with Crippen LogP contribution in [-0.4, -0.2) is 18.7 Å². The second-order valence-electron chi connectivity index (χ2n) is 5.43. The maximum absolute atomic E-state index is 14.1. The Labute approximate surface area is 128 Å². The van der Waals surface area contributed by atoms with Gasteiger partial charge in [-0.3, -0.25) is 0 Å². The molecule has 3 nitrogen and oxygen atoms in total. The van der Waals surface area contributed by atoms with Gasteiger partial charge in [0.05, 0.1) is 12.6 Å². The lowest BCUT2D eigenvalue weighted by Crippen LogP contribution is -2.31. The lowest BCUT2D eigenvalue weighted by atomic mass is 9.97. The van der Waals surface area contributed by atoms with Gasteiger partial charge in [-0.1, -0.05) is 42.5 Å². The molecule has 114 valence electrons. The van der Waals surface area contributed by atoms with Gasteiger partial charge in [-0.05, 0) is 41.2 Å². The average molecular weight is 299 g/mol. The Morgan fingerprint density at radius 2 is 1.95 bits per heavy atom. The van der Waals surface area contributed by atoms with Gasteiger partial charge in [0.15, 0.2) is 0 Å². The highest BCUT2D eigenvalue weighted by Gasteiger charge is 2.29. The Bertz CT molecular complexity index is 714. The number of nitrogens with two attached hydrogens (primary N) is 1. The minimum absolute atomic E-state index is 0.144. The summed E-state index contributed by atoms with van der Waals surface area (Å²) in [6, 6.07) is 12.8. The van der Waals surface area contributed by atoms with Crippen molar-refractivity contribution in [1.29, 1.82) is 0 Å². The fourth-order valence-corrected chi connectivity index (χ4v) is 2.91. The SMILES string of the molecule is CCOC(=O)C(F)[C@@H](N)c1ccc2c(c1)Cc1ccccc1-2.